The summed E-state index contributed by atoms with van der Waals surface area (Å²) in [4.78, 5) is 32.5. The Labute approximate surface area is 166 Å². The maximum absolute atomic E-state index is 12.7. The fourth-order valence-corrected chi connectivity index (χ4v) is 3.60. The molecule has 2 fully saturated rings. The highest BCUT2D eigenvalue weighted by atomic mass is 35.5. The lowest BCUT2D eigenvalue weighted by Gasteiger charge is -2.39. The number of halogens is 2. The average molecular weight is 406 g/mol. The van der Waals surface area contributed by atoms with E-state index in [-0.39, 0.29) is 30.3 Å². The molecule has 2 aliphatic rings. The summed E-state index contributed by atoms with van der Waals surface area (Å²) in [6, 6.07) is 10.5. The number of pyridine rings is 1. The Morgan fingerprint density at radius 1 is 1.11 bits per heavy atom. The van der Waals surface area contributed by atoms with Gasteiger partial charge in [0.05, 0.1) is 19.0 Å². The van der Waals surface area contributed by atoms with E-state index in [2.05, 4.69) is 4.98 Å². The van der Waals surface area contributed by atoms with Gasteiger partial charge in [0.15, 0.2) is 0 Å². The highest BCUT2D eigenvalue weighted by molar-refractivity contribution is 6.31. The van der Waals surface area contributed by atoms with E-state index in [0.29, 0.717) is 35.6 Å². The summed E-state index contributed by atoms with van der Waals surface area (Å²) in [5.41, 5.74) is 0.759. The van der Waals surface area contributed by atoms with E-state index in [1.165, 1.54) is 0 Å². The SMILES string of the molecule is O=C(C1CC(=O)N(c2ccc(Cl)cc2)C1)N1CC(Oc2ncccc2Cl)C1. The lowest BCUT2D eigenvalue weighted by Crippen LogP contribution is -2.57. The number of rotatable bonds is 4. The summed E-state index contributed by atoms with van der Waals surface area (Å²) in [5, 5.41) is 1.06. The van der Waals surface area contributed by atoms with Crippen molar-refractivity contribution in [2.45, 2.75) is 12.5 Å². The monoisotopic (exact) mass is 405 g/mol. The third-order valence-electron chi connectivity index (χ3n) is 4.78. The van der Waals surface area contributed by atoms with Crippen LogP contribution in [-0.4, -0.2) is 47.4 Å². The van der Waals surface area contributed by atoms with E-state index in [4.69, 9.17) is 27.9 Å². The Hall–Kier alpha value is -2.31. The largest absolute Gasteiger partial charge is 0.470 e. The number of aromatic nitrogens is 1. The minimum atomic E-state index is -0.340. The number of hydrogen-bond acceptors (Lipinski definition) is 4. The van der Waals surface area contributed by atoms with Crippen LogP contribution in [-0.2, 0) is 9.59 Å². The molecule has 0 aliphatic carbocycles. The van der Waals surface area contributed by atoms with Crippen molar-refractivity contribution in [3.05, 3.63) is 52.6 Å². The zero-order chi connectivity index (χ0) is 19.0. The molecular formula is C19H17Cl2N3O3. The third-order valence-corrected chi connectivity index (χ3v) is 5.31. The number of ether oxygens (including phenoxy) is 1. The number of likely N-dealkylation sites (tertiary alicyclic amines) is 1. The Balaban J connectivity index is 1.33. The second-order valence-electron chi connectivity index (χ2n) is 6.66. The highest BCUT2D eigenvalue weighted by Crippen LogP contribution is 2.29. The number of benzene rings is 1. The minimum Gasteiger partial charge on any atom is -0.470 e. The zero-order valence-electron chi connectivity index (χ0n) is 14.3. The van der Waals surface area contributed by atoms with Gasteiger partial charge in [-0.2, -0.15) is 0 Å². The quantitative estimate of drug-likeness (QED) is 0.783. The summed E-state index contributed by atoms with van der Waals surface area (Å²) in [5.74, 6) is -0.0372. The molecule has 8 heteroatoms. The van der Waals surface area contributed by atoms with E-state index in [1.54, 1.807) is 52.4 Å². The lowest BCUT2D eigenvalue weighted by atomic mass is 10.0. The first-order valence-corrected chi connectivity index (χ1v) is 9.39. The molecule has 140 valence electrons. The maximum atomic E-state index is 12.7. The van der Waals surface area contributed by atoms with Crippen molar-refractivity contribution < 1.29 is 14.3 Å². The average Bonchev–Trinajstić information content (AvgIpc) is 3.01. The molecule has 1 aromatic carbocycles. The molecule has 2 aromatic rings. The van der Waals surface area contributed by atoms with Gasteiger partial charge in [-0.1, -0.05) is 23.2 Å². The summed E-state index contributed by atoms with van der Waals surface area (Å²) < 4.78 is 5.72. The maximum Gasteiger partial charge on any atom is 0.232 e. The summed E-state index contributed by atoms with van der Waals surface area (Å²) >= 11 is 11.9. The van der Waals surface area contributed by atoms with Crippen LogP contribution >= 0.6 is 23.2 Å². The van der Waals surface area contributed by atoms with Gasteiger partial charge in [0.25, 0.3) is 0 Å². The molecule has 2 aliphatic heterocycles. The summed E-state index contributed by atoms with van der Waals surface area (Å²) in [7, 11) is 0. The predicted molar refractivity (Wildman–Crippen MR) is 102 cm³/mol. The van der Waals surface area contributed by atoms with Gasteiger partial charge in [0.1, 0.15) is 11.1 Å². The Morgan fingerprint density at radius 3 is 2.56 bits per heavy atom. The third kappa shape index (κ3) is 3.73. The van der Waals surface area contributed by atoms with Crippen LogP contribution in [0.2, 0.25) is 10.0 Å². The molecule has 3 heterocycles. The fraction of sp³-hybridized carbons (Fsp3) is 0.316. The summed E-state index contributed by atoms with van der Waals surface area (Å²) in [6.07, 6.45) is 1.69. The van der Waals surface area contributed by atoms with E-state index >= 15 is 0 Å². The van der Waals surface area contributed by atoms with E-state index in [9.17, 15) is 9.59 Å². The van der Waals surface area contributed by atoms with Crippen molar-refractivity contribution in [1.29, 1.82) is 0 Å². The van der Waals surface area contributed by atoms with Crippen LogP contribution in [0.25, 0.3) is 0 Å². The van der Waals surface area contributed by atoms with Gasteiger partial charge in [0, 0.05) is 29.9 Å². The molecule has 0 N–H and O–H groups in total. The predicted octanol–water partition coefficient (Wildman–Crippen LogP) is 3.03. The second kappa shape index (κ2) is 7.37. The first kappa shape index (κ1) is 18.1. The number of nitrogens with zero attached hydrogens (tertiary/aromatic N) is 3. The van der Waals surface area contributed by atoms with Crippen molar-refractivity contribution in [2.75, 3.05) is 24.5 Å². The molecule has 0 bridgehead atoms. The van der Waals surface area contributed by atoms with E-state index in [1.807, 2.05) is 0 Å². The Kier molecular flexibility index (Phi) is 4.93. The number of amides is 2. The van der Waals surface area contributed by atoms with Crippen LogP contribution in [0.1, 0.15) is 6.42 Å². The van der Waals surface area contributed by atoms with Gasteiger partial charge < -0.3 is 14.5 Å². The molecule has 1 unspecified atom stereocenters. The topological polar surface area (TPSA) is 62.7 Å². The van der Waals surface area contributed by atoms with Crippen molar-refractivity contribution in [3.63, 3.8) is 0 Å². The van der Waals surface area contributed by atoms with Crippen LogP contribution < -0.4 is 9.64 Å². The number of carbonyl (C=O) groups is 2. The lowest BCUT2D eigenvalue weighted by molar-refractivity contribution is -0.144. The van der Waals surface area contributed by atoms with Gasteiger partial charge >= 0.3 is 0 Å². The van der Waals surface area contributed by atoms with Gasteiger partial charge in [-0.05, 0) is 36.4 Å². The minimum absolute atomic E-state index is 0.0215. The fourth-order valence-electron chi connectivity index (χ4n) is 3.31. The Bertz CT molecular complexity index is 869. The molecule has 1 aromatic heterocycles. The molecule has 1 atom stereocenters. The zero-order valence-corrected chi connectivity index (χ0v) is 15.9. The molecular weight excluding hydrogens is 389 g/mol. The van der Waals surface area contributed by atoms with Gasteiger partial charge in [-0.3, -0.25) is 9.59 Å². The smallest absolute Gasteiger partial charge is 0.232 e. The van der Waals surface area contributed by atoms with E-state index < -0.39 is 0 Å². The highest BCUT2D eigenvalue weighted by Gasteiger charge is 2.41. The molecule has 0 radical (unpaired) electrons. The number of carbonyl (C=O) groups excluding carboxylic acids is 2. The molecule has 2 amide bonds. The second-order valence-corrected chi connectivity index (χ2v) is 7.50. The van der Waals surface area contributed by atoms with Crippen molar-refractivity contribution in [3.8, 4) is 5.88 Å². The van der Waals surface area contributed by atoms with Crippen molar-refractivity contribution in [1.82, 2.24) is 9.88 Å². The molecule has 6 nitrogen and oxygen atoms in total. The van der Waals surface area contributed by atoms with Crippen LogP contribution in [0.3, 0.4) is 0 Å². The molecule has 27 heavy (non-hydrogen) atoms. The first-order chi connectivity index (χ1) is 13.0. The number of hydrogen-bond donors (Lipinski definition) is 0. The molecule has 2 saturated heterocycles. The van der Waals surface area contributed by atoms with Crippen LogP contribution in [0, 0.1) is 5.92 Å². The van der Waals surface area contributed by atoms with Crippen LogP contribution in [0.15, 0.2) is 42.6 Å². The van der Waals surface area contributed by atoms with Gasteiger partial charge in [0.2, 0.25) is 17.7 Å². The molecule has 0 saturated carbocycles. The first-order valence-electron chi connectivity index (χ1n) is 8.63. The van der Waals surface area contributed by atoms with Crippen molar-refractivity contribution in [2.24, 2.45) is 5.92 Å². The van der Waals surface area contributed by atoms with Crippen molar-refractivity contribution >= 4 is 40.7 Å². The van der Waals surface area contributed by atoms with E-state index in [0.717, 1.165) is 5.69 Å². The Morgan fingerprint density at radius 2 is 1.85 bits per heavy atom. The molecule has 4 rings (SSSR count). The van der Waals surface area contributed by atoms with Gasteiger partial charge in [-0.15, -0.1) is 0 Å². The standard InChI is InChI=1S/C19H17Cl2N3O3/c20-13-3-5-14(6-4-13)24-9-12(8-17(24)25)19(26)23-10-15(11-23)27-18-16(21)2-1-7-22-18/h1-7,12,15H,8-11H2. The normalized spacial score (nSPS) is 19.9. The summed E-state index contributed by atoms with van der Waals surface area (Å²) in [6.45, 7) is 1.32. The number of anilines is 1. The van der Waals surface area contributed by atoms with Gasteiger partial charge in [-0.25, -0.2) is 4.98 Å². The van der Waals surface area contributed by atoms with Crippen LogP contribution in [0.4, 0.5) is 5.69 Å². The molecule has 0 spiro atoms. The van der Waals surface area contributed by atoms with Crippen LogP contribution in [0.5, 0.6) is 5.88 Å².